The van der Waals surface area contributed by atoms with Crippen molar-refractivity contribution < 1.29 is 4.74 Å². The van der Waals surface area contributed by atoms with Crippen molar-refractivity contribution in [3.8, 4) is 0 Å². The van der Waals surface area contributed by atoms with Gasteiger partial charge in [0.1, 0.15) is 5.60 Å². The number of methoxy groups -OCH3 is 1. The molecule has 0 bridgehead atoms. The van der Waals surface area contributed by atoms with Crippen LogP contribution in [0.1, 0.15) is 19.3 Å². The van der Waals surface area contributed by atoms with Crippen LogP contribution in [-0.2, 0) is 4.74 Å². The van der Waals surface area contributed by atoms with Gasteiger partial charge in [0.2, 0.25) is 0 Å². The Morgan fingerprint density at radius 3 is 2.69 bits per heavy atom. The quantitative estimate of drug-likeness (QED) is 0.639. The Kier molecular flexibility index (Phi) is 2.35. The van der Waals surface area contributed by atoms with Gasteiger partial charge >= 0.3 is 0 Å². The average Bonchev–Trinajstić information content (AvgIpc) is 2.64. The van der Waals surface area contributed by atoms with Crippen molar-refractivity contribution in [3.63, 3.8) is 0 Å². The molecule has 4 heteroatoms. The molecule has 0 aliphatic heterocycles. The first-order chi connectivity index (χ1) is 6.11. The van der Waals surface area contributed by atoms with Crippen LogP contribution < -0.4 is 0 Å². The second-order valence-electron chi connectivity index (χ2n) is 3.64. The van der Waals surface area contributed by atoms with Crippen LogP contribution >= 0.6 is 34.8 Å². The van der Waals surface area contributed by atoms with Crippen molar-refractivity contribution in [1.29, 1.82) is 0 Å². The van der Waals surface area contributed by atoms with Crippen molar-refractivity contribution in [2.24, 2.45) is 5.92 Å². The molecular formula is C9H11Cl3O. The zero-order valence-corrected chi connectivity index (χ0v) is 9.59. The van der Waals surface area contributed by atoms with Gasteiger partial charge in [-0.25, -0.2) is 0 Å². The Hall–Kier alpha value is 0.570. The van der Waals surface area contributed by atoms with Gasteiger partial charge in [0.05, 0.1) is 0 Å². The van der Waals surface area contributed by atoms with Crippen LogP contribution in [0.3, 0.4) is 0 Å². The normalized spacial score (nSPS) is 44.6. The van der Waals surface area contributed by atoms with Gasteiger partial charge in [0.15, 0.2) is 4.33 Å². The van der Waals surface area contributed by atoms with Crippen LogP contribution in [-0.4, -0.2) is 17.0 Å². The average molecular weight is 242 g/mol. The van der Waals surface area contributed by atoms with Crippen molar-refractivity contribution in [2.45, 2.75) is 29.2 Å². The molecule has 1 nitrogen and oxygen atoms in total. The van der Waals surface area contributed by atoms with Crippen LogP contribution in [0.15, 0.2) is 11.1 Å². The lowest BCUT2D eigenvalue weighted by atomic mass is 9.93. The first-order valence-electron chi connectivity index (χ1n) is 4.34. The van der Waals surface area contributed by atoms with Gasteiger partial charge < -0.3 is 4.74 Å². The monoisotopic (exact) mass is 240 g/mol. The summed E-state index contributed by atoms with van der Waals surface area (Å²) in [6.07, 6.45) is 3.06. The van der Waals surface area contributed by atoms with E-state index in [2.05, 4.69) is 0 Å². The highest BCUT2D eigenvalue weighted by molar-refractivity contribution is 6.53. The summed E-state index contributed by atoms with van der Waals surface area (Å²) in [7, 11) is 1.64. The van der Waals surface area contributed by atoms with Crippen molar-refractivity contribution in [2.75, 3.05) is 7.11 Å². The van der Waals surface area contributed by atoms with Crippen LogP contribution in [0.25, 0.3) is 0 Å². The maximum absolute atomic E-state index is 6.18. The molecule has 13 heavy (non-hydrogen) atoms. The number of ether oxygens (including phenoxy) is 1. The fraction of sp³-hybridized carbons (Fsp3) is 0.778. The van der Waals surface area contributed by atoms with Gasteiger partial charge in [-0.05, 0) is 24.8 Å². The van der Waals surface area contributed by atoms with Crippen LogP contribution in [0.4, 0.5) is 0 Å². The Balaban J connectivity index is 2.37. The molecule has 0 aromatic heterocycles. The number of hydrogen-bond donors (Lipinski definition) is 0. The van der Waals surface area contributed by atoms with E-state index in [0.29, 0.717) is 0 Å². The highest BCUT2D eigenvalue weighted by Gasteiger charge is 2.79. The van der Waals surface area contributed by atoms with Crippen LogP contribution in [0.5, 0.6) is 0 Å². The standard InChI is InChI=1S/C9H11Cl3O/c1-13-8-6(5-10)3-2-4-7(8)9(8,11)12/h5,7H,2-4H2,1H3/b6-5+/t7-,8-/m1/s1. The lowest BCUT2D eigenvalue weighted by molar-refractivity contribution is 0.0825. The third kappa shape index (κ3) is 1.05. The summed E-state index contributed by atoms with van der Waals surface area (Å²) < 4.78 is 4.69. The summed E-state index contributed by atoms with van der Waals surface area (Å²) in [6, 6.07) is 0. The molecule has 0 unspecified atom stereocenters. The molecule has 2 atom stereocenters. The molecule has 2 saturated carbocycles. The summed E-state index contributed by atoms with van der Waals surface area (Å²) in [5.41, 5.74) is 2.12. The highest BCUT2D eigenvalue weighted by atomic mass is 35.5. The molecule has 74 valence electrons. The number of fused-ring (bicyclic) bond motifs is 1. The van der Waals surface area contributed by atoms with E-state index in [9.17, 15) is 0 Å². The second kappa shape index (κ2) is 3.03. The molecule has 0 heterocycles. The van der Waals surface area contributed by atoms with E-state index in [1.54, 1.807) is 12.6 Å². The molecule has 0 spiro atoms. The molecule has 0 amide bonds. The van der Waals surface area contributed by atoms with Crippen LogP contribution in [0.2, 0.25) is 0 Å². The summed E-state index contributed by atoms with van der Waals surface area (Å²) in [6.45, 7) is 0. The third-order valence-electron chi connectivity index (χ3n) is 3.21. The molecular weight excluding hydrogens is 230 g/mol. The summed E-state index contributed by atoms with van der Waals surface area (Å²) >= 11 is 18.1. The number of alkyl halides is 2. The lowest BCUT2D eigenvalue weighted by Gasteiger charge is -2.23. The Morgan fingerprint density at radius 1 is 1.54 bits per heavy atom. The minimum Gasteiger partial charge on any atom is -0.370 e. The zero-order chi connectivity index (χ0) is 9.69. The van der Waals surface area contributed by atoms with Gasteiger partial charge in [-0.1, -0.05) is 34.8 Å². The van der Waals surface area contributed by atoms with Gasteiger partial charge in [-0.15, -0.1) is 0 Å². The van der Waals surface area contributed by atoms with Gasteiger partial charge in [-0.2, -0.15) is 0 Å². The summed E-state index contributed by atoms with van der Waals surface area (Å²) in [4.78, 5) is 0. The summed E-state index contributed by atoms with van der Waals surface area (Å²) in [5, 5.41) is 0. The fourth-order valence-corrected chi connectivity index (χ4v) is 3.85. The van der Waals surface area contributed by atoms with Crippen molar-refractivity contribution >= 4 is 34.8 Å². The smallest absolute Gasteiger partial charge is 0.157 e. The van der Waals surface area contributed by atoms with E-state index in [4.69, 9.17) is 39.5 Å². The molecule has 2 aliphatic rings. The summed E-state index contributed by atoms with van der Waals surface area (Å²) in [5.74, 6) is 0.215. The molecule has 2 rings (SSSR count). The maximum atomic E-state index is 6.18. The van der Waals surface area contributed by atoms with Gasteiger partial charge in [-0.3, -0.25) is 0 Å². The SMILES string of the molecule is CO[C@]12/C(=C/Cl)CCC[C@H]1C2(Cl)Cl. The highest BCUT2D eigenvalue weighted by Crippen LogP contribution is 2.71. The third-order valence-corrected chi connectivity index (χ3v) is 4.56. The van der Waals surface area contributed by atoms with Crippen LogP contribution in [0, 0.1) is 5.92 Å². The second-order valence-corrected chi connectivity index (χ2v) is 5.25. The molecule has 0 saturated heterocycles. The molecule has 2 aliphatic carbocycles. The lowest BCUT2D eigenvalue weighted by Crippen LogP contribution is -2.25. The maximum Gasteiger partial charge on any atom is 0.157 e. The van der Waals surface area contributed by atoms with E-state index < -0.39 is 9.93 Å². The Morgan fingerprint density at radius 2 is 2.23 bits per heavy atom. The predicted octanol–water partition coefficient (Wildman–Crippen LogP) is 3.48. The first kappa shape index (κ1) is 10.1. The number of rotatable bonds is 1. The van der Waals surface area contributed by atoms with E-state index in [1.165, 1.54) is 0 Å². The molecule has 0 N–H and O–H groups in total. The van der Waals surface area contributed by atoms with E-state index in [0.717, 1.165) is 24.8 Å². The minimum atomic E-state index is -0.765. The van der Waals surface area contributed by atoms with E-state index >= 15 is 0 Å². The molecule has 0 aromatic carbocycles. The topological polar surface area (TPSA) is 9.23 Å². The predicted molar refractivity (Wildman–Crippen MR) is 55.5 cm³/mol. The van der Waals surface area contributed by atoms with Crippen molar-refractivity contribution in [3.05, 3.63) is 11.1 Å². The van der Waals surface area contributed by atoms with E-state index in [1.807, 2.05) is 0 Å². The fourth-order valence-electron chi connectivity index (χ4n) is 2.50. The van der Waals surface area contributed by atoms with Gasteiger partial charge in [0.25, 0.3) is 0 Å². The zero-order valence-electron chi connectivity index (χ0n) is 7.32. The Labute approximate surface area is 93.0 Å². The number of halogens is 3. The van der Waals surface area contributed by atoms with E-state index in [-0.39, 0.29) is 5.92 Å². The molecule has 0 radical (unpaired) electrons. The van der Waals surface area contributed by atoms with Crippen molar-refractivity contribution in [1.82, 2.24) is 0 Å². The largest absolute Gasteiger partial charge is 0.370 e. The van der Waals surface area contributed by atoms with Gasteiger partial charge in [0, 0.05) is 18.6 Å². The Bertz CT molecular complexity index is 262. The number of hydrogen-bond acceptors (Lipinski definition) is 1. The molecule has 2 fully saturated rings. The minimum absolute atomic E-state index is 0.215. The first-order valence-corrected chi connectivity index (χ1v) is 5.53. The molecule has 0 aromatic rings.